The molecule has 0 saturated heterocycles. The van der Waals surface area contributed by atoms with Gasteiger partial charge in [0.15, 0.2) is 5.96 Å². The highest BCUT2D eigenvalue weighted by atomic mass is 19.1. The van der Waals surface area contributed by atoms with Gasteiger partial charge in [0, 0.05) is 13.1 Å². The molecule has 5 nitrogen and oxygen atoms in total. The molecule has 0 unspecified atom stereocenters. The maximum atomic E-state index is 12.7. The van der Waals surface area contributed by atoms with Crippen molar-refractivity contribution in [2.75, 3.05) is 13.1 Å². The number of benzene rings is 1. The van der Waals surface area contributed by atoms with Gasteiger partial charge in [-0.1, -0.05) is 12.2 Å². The summed E-state index contributed by atoms with van der Waals surface area (Å²) in [4.78, 5) is 9.87. The summed E-state index contributed by atoms with van der Waals surface area (Å²) in [5.74, 6) is 0.0491. The molecule has 0 atom stereocenters. The molecular weight excluding hydrogens is 233 g/mol. The van der Waals surface area contributed by atoms with Gasteiger partial charge in [0.1, 0.15) is 5.82 Å². The average Bonchev–Trinajstić information content (AvgIpc) is 2.85. The fourth-order valence-electron chi connectivity index (χ4n) is 1.53. The van der Waals surface area contributed by atoms with E-state index in [1.54, 1.807) is 0 Å². The number of rotatable bonds is 1. The van der Waals surface area contributed by atoms with Gasteiger partial charge in [-0.25, -0.2) is 9.38 Å². The van der Waals surface area contributed by atoms with E-state index in [0.717, 1.165) is 13.1 Å². The lowest BCUT2D eigenvalue weighted by atomic mass is 10.3. The predicted octanol–water partition coefficient (Wildman–Crippen LogP) is 0.958. The third-order valence-corrected chi connectivity index (χ3v) is 2.44. The second kappa shape index (κ2) is 5.31. The van der Waals surface area contributed by atoms with Crippen LogP contribution < -0.4 is 11.5 Å². The zero-order valence-corrected chi connectivity index (χ0v) is 9.75. The Labute approximate surface area is 104 Å². The number of nitrogens with zero attached hydrogens (tertiary/aromatic N) is 3. The molecule has 1 aromatic carbocycles. The summed E-state index contributed by atoms with van der Waals surface area (Å²) in [7, 11) is 0. The second-order valence-electron chi connectivity index (χ2n) is 3.79. The van der Waals surface area contributed by atoms with Crippen LogP contribution >= 0.6 is 0 Å². The standard InChI is InChI=1S/C12H14FN5/c13-9-3-5-10(6-4-9)16-11(14)17-12(15)18-7-1-2-8-18/h1-6H,7-8H2,(H4,14,15,16,17). The molecule has 1 heterocycles. The first kappa shape index (κ1) is 12.1. The van der Waals surface area contributed by atoms with Crippen LogP contribution in [0.4, 0.5) is 10.1 Å². The fourth-order valence-corrected chi connectivity index (χ4v) is 1.53. The van der Waals surface area contributed by atoms with E-state index in [2.05, 4.69) is 9.98 Å². The Bertz CT molecular complexity index is 496. The Morgan fingerprint density at radius 3 is 2.33 bits per heavy atom. The molecule has 2 rings (SSSR count). The van der Waals surface area contributed by atoms with Gasteiger partial charge in [-0.05, 0) is 24.3 Å². The monoisotopic (exact) mass is 247 g/mol. The van der Waals surface area contributed by atoms with E-state index < -0.39 is 0 Å². The van der Waals surface area contributed by atoms with Crippen LogP contribution in [0.15, 0.2) is 46.4 Å². The number of hydrogen-bond donors (Lipinski definition) is 2. The van der Waals surface area contributed by atoms with Gasteiger partial charge >= 0.3 is 0 Å². The molecule has 0 amide bonds. The van der Waals surface area contributed by atoms with E-state index in [1.165, 1.54) is 24.3 Å². The van der Waals surface area contributed by atoms with Gasteiger partial charge in [-0.15, -0.1) is 0 Å². The van der Waals surface area contributed by atoms with Crippen molar-refractivity contribution in [3.8, 4) is 0 Å². The maximum absolute atomic E-state index is 12.7. The zero-order chi connectivity index (χ0) is 13.0. The van der Waals surface area contributed by atoms with Crippen LogP contribution in [-0.2, 0) is 0 Å². The summed E-state index contributed by atoms with van der Waals surface area (Å²) in [6.45, 7) is 1.44. The van der Waals surface area contributed by atoms with Crippen molar-refractivity contribution in [2.45, 2.75) is 0 Å². The largest absolute Gasteiger partial charge is 0.369 e. The number of nitrogens with two attached hydrogens (primary N) is 2. The van der Waals surface area contributed by atoms with Crippen LogP contribution in [0.3, 0.4) is 0 Å². The molecule has 0 spiro atoms. The Balaban J connectivity index is 2.08. The molecule has 0 saturated carbocycles. The van der Waals surface area contributed by atoms with Crippen molar-refractivity contribution in [1.82, 2.24) is 4.90 Å². The Kier molecular flexibility index (Phi) is 3.57. The zero-order valence-electron chi connectivity index (χ0n) is 9.75. The summed E-state index contributed by atoms with van der Waals surface area (Å²) >= 11 is 0. The molecule has 94 valence electrons. The third-order valence-electron chi connectivity index (χ3n) is 2.44. The first-order valence-corrected chi connectivity index (χ1v) is 5.49. The van der Waals surface area contributed by atoms with Crippen LogP contribution in [0, 0.1) is 5.82 Å². The van der Waals surface area contributed by atoms with E-state index >= 15 is 0 Å². The molecule has 1 aromatic rings. The quantitative estimate of drug-likeness (QED) is 0.440. The topological polar surface area (TPSA) is 80.0 Å². The Morgan fingerprint density at radius 2 is 1.72 bits per heavy atom. The smallest absolute Gasteiger partial charge is 0.223 e. The summed E-state index contributed by atoms with van der Waals surface area (Å²) in [6, 6.07) is 5.66. The van der Waals surface area contributed by atoms with E-state index in [0.29, 0.717) is 11.6 Å². The minimum Gasteiger partial charge on any atom is -0.369 e. The molecule has 0 radical (unpaired) electrons. The molecule has 0 aromatic heterocycles. The third kappa shape index (κ3) is 3.07. The van der Waals surface area contributed by atoms with E-state index in [9.17, 15) is 4.39 Å². The highest BCUT2D eigenvalue weighted by Crippen LogP contribution is 2.12. The van der Waals surface area contributed by atoms with Crippen LogP contribution in [0.5, 0.6) is 0 Å². The summed E-state index contributed by atoms with van der Waals surface area (Å²) in [5, 5.41) is 0. The lowest BCUT2D eigenvalue weighted by molar-refractivity contribution is 0.534. The Morgan fingerprint density at radius 1 is 1.11 bits per heavy atom. The van der Waals surface area contributed by atoms with Crippen LogP contribution in [0.2, 0.25) is 0 Å². The van der Waals surface area contributed by atoms with Crippen LogP contribution in [-0.4, -0.2) is 29.9 Å². The van der Waals surface area contributed by atoms with Gasteiger partial charge in [-0.3, -0.25) is 0 Å². The van der Waals surface area contributed by atoms with E-state index in [-0.39, 0.29) is 11.8 Å². The molecule has 6 heteroatoms. The number of hydrogen-bond acceptors (Lipinski definition) is 1. The SMILES string of the molecule is NC(=Nc1ccc(F)cc1)/N=C(\N)N1CC=CC1. The molecule has 18 heavy (non-hydrogen) atoms. The van der Waals surface area contributed by atoms with Crippen molar-refractivity contribution in [2.24, 2.45) is 21.5 Å². The Hall–Kier alpha value is -2.37. The summed E-state index contributed by atoms with van der Waals surface area (Å²) in [6.07, 6.45) is 3.99. The van der Waals surface area contributed by atoms with Crippen molar-refractivity contribution in [1.29, 1.82) is 0 Å². The molecule has 0 bridgehead atoms. The lowest BCUT2D eigenvalue weighted by Gasteiger charge is -2.15. The highest BCUT2D eigenvalue weighted by molar-refractivity contribution is 5.94. The second-order valence-corrected chi connectivity index (χ2v) is 3.79. The number of aliphatic imine (C=N–C) groups is 2. The van der Waals surface area contributed by atoms with Gasteiger partial charge < -0.3 is 16.4 Å². The maximum Gasteiger partial charge on any atom is 0.223 e. The van der Waals surface area contributed by atoms with Crippen LogP contribution in [0.1, 0.15) is 0 Å². The summed E-state index contributed by atoms with van der Waals surface area (Å²) in [5.41, 5.74) is 12.0. The van der Waals surface area contributed by atoms with Crippen molar-refractivity contribution in [3.63, 3.8) is 0 Å². The normalized spacial score (nSPS) is 16.4. The molecule has 1 aliphatic heterocycles. The van der Waals surface area contributed by atoms with Crippen LogP contribution in [0.25, 0.3) is 0 Å². The van der Waals surface area contributed by atoms with E-state index in [4.69, 9.17) is 11.5 Å². The molecule has 1 aliphatic rings. The van der Waals surface area contributed by atoms with Gasteiger partial charge in [-0.2, -0.15) is 4.99 Å². The number of halogens is 1. The minimum atomic E-state index is -0.321. The molecular formula is C12H14FN5. The molecule has 4 N–H and O–H groups in total. The predicted molar refractivity (Wildman–Crippen MR) is 70.0 cm³/mol. The molecule has 0 aliphatic carbocycles. The molecule has 0 fully saturated rings. The minimum absolute atomic E-state index is 0.0472. The highest BCUT2D eigenvalue weighted by Gasteiger charge is 2.08. The van der Waals surface area contributed by atoms with Crippen molar-refractivity contribution in [3.05, 3.63) is 42.2 Å². The first-order valence-electron chi connectivity index (χ1n) is 5.49. The van der Waals surface area contributed by atoms with E-state index in [1.807, 2.05) is 17.1 Å². The first-order chi connectivity index (χ1) is 8.65. The van der Waals surface area contributed by atoms with Crippen molar-refractivity contribution >= 4 is 17.6 Å². The lowest BCUT2D eigenvalue weighted by Crippen LogP contribution is -2.36. The number of guanidine groups is 2. The van der Waals surface area contributed by atoms with Gasteiger partial charge in [0.2, 0.25) is 5.96 Å². The average molecular weight is 247 g/mol. The van der Waals surface area contributed by atoms with Crippen molar-refractivity contribution < 1.29 is 4.39 Å². The van der Waals surface area contributed by atoms with Gasteiger partial charge in [0.25, 0.3) is 0 Å². The summed E-state index contributed by atoms with van der Waals surface area (Å²) < 4.78 is 12.7. The van der Waals surface area contributed by atoms with Gasteiger partial charge in [0.05, 0.1) is 5.69 Å². The fraction of sp³-hybridized carbons (Fsp3) is 0.167.